The van der Waals surface area contributed by atoms with E-state index in [0.717, 1.165) is 22.4 Å². The smallest absolute Gasteiger partial charge is 0.264 e. The molecule has 0 aliphatic heterocycles. The van der Waals surface area contributed by atoms with Crippen LogP contribution in [0.1, 0.15) is 44.4 Å². The van der Waals surface area contributed by atoms with E-state index in [0.29, 0.717) is 18.8 Å². The zero-order chi connectivity index (χ0) is 27.4. The highest BCUT2D eigenvalue weighted by atomic mass is 32.2. The maximum atomic E-state index is 13.8. The molecule has 0 spiro atoms. The monoisotopic (exact) mass is 521 g/mol. The summed E-state index contributed by atoms with van der Waals surface area (Å²) in [7, 11) is -0.0141. The summed E-state index contributed by atoms with van der Waals surface area (Å²) < 4.78 is 28.9. The van der Waals surface area contributed by atoms with E-state index in [1.165, 1.54) is 4.31 Å². The van der Waals surface area contributed by atoms with E-state index in [-0.39, 0.29) is 22.8 Å². The first-order chi connectivity index (χ1) is 17.3. The topological polar surface area (TPSA) is 60.9 Å². The molecule has 6 nitrogen and oxygen atoms in total. The lowest BCUT2D eigenvalue weighted by Gasteiger charge is -2.28. The molecule has 3 aromatic rings. The van der Waals surface area contributed by atoms with Crippen LogP contribution in [0.15, 0.2) is 77.7 Å². The Morgan fingerprint density at radius 1 is 0.811 bits per heavy atom. The lowest BCUT2D eigenvalue weighted by molar-refractivity contribution is -0.129. The van der Waals surface area contributed by atoms with Crippen molar-refractivity contribution in [2.45, 2.75) is 51.5 Å². The van der Waals surface area contributed by atoms with Gasteiger partial charge in [0.05, 0.1) is 10.6 Å². The first-order valence-electron chi connectivity index (χ1n) is 12.6. The van der Waals surface area contributed by atoms with Gasteiger partial charge in [0.1, 0.15) is 6.54 Å². The molecule has 0 aliphatic rings. The van der Waals surface area contributed by atoms with Crippen molar-refractivity contribution in [3.8, 4) is 0 Å². The molecule has 0 fully saturated rings. The van der Waals surface area contributed by atoms with Crippen LogP contribution in [0.2, 0.25) is 0 Å². The van der Waals surface area contributed by atoms with Crippen molar-refractivity contribution >= 4 is 27.3 Å². The van der Waals surface area contributed by atoms with Crippen molar-refractivity contribution < 1.29 is 13.2 Å². The Morgan fingerprint density at radius 2 is 1.35 bits per heavy atom. The second-order valence-corrected chi connectivity index (χ2v) is 12.5. The van der Waals surface area contributed by atoms with E-state index >= 15 is 0 Å². The third-order valence-electron chi connectivity index (χ3n) is 6.47. The van der Waals surface area contributed by atoms with Crippen LogP contribution in [0, 0.1) is 6.92 Å². The largest absolute Gasteiger partial charge is 0.378 e. The molecule has 37 heavy (non-hydrogen) atoms. The Bertz CT molecular complexity index is 1290. The Labute approximate surface area is 222 Å². The van der Waals surface area contributed by atoms with Gasteiger partial charge in [0.25, 0.3) is 10.0 Å². The van der Waals surface area contributed by atoms with Crippen LogP contribution >= 0.6 is 0 Å². The molecule has 3 rings (SSSR count). The molecule has 0 radical (unpaired) electrons. The Kier molecular flexibility index (Phi) is 8.69. The summed E-state index contributed by atoms with van der Waals surface area (Å²) in [6, 6.07) is 22.2. The van der Waals surface area contributed by atoms with E-state index < -0.39 is 10.0 Å². The molecule has 0 N–H and O–H groups in total. The van der Waals surface area contributed by atoms with Gasteiger partial charge in [0, 0.05) is 32.9 Å². The van der Waals surface area contributed by atoms with Crippen molar-refractivity contribution in [2.24, 2.45) is 0 Å². The van der Waals surface area contributed by atoms with E-state index in [1.54, 1.807) is 29.2 Å². The normalized spacial score (nSPS) is 11.8. The zero-order valence-corrected chi connectivity index (χ0v) is 23.8. The Hall–Kier alpha value is -3.32. The molecule has 0 saturated heterocycles. The predicted molar refractivity (Wildman–Crippen MR) is 153 cm³/mol. The molecular weight excluding hydrogens is 482 g/mol. The highest BCUT2D eigenvalue weighted by Crippen LogP contribution is 2.28. The Balaban J connectivity index is 1.91. The van der Waals surface area contributed by atoms with E-state index in [2.05, 4.69) is 20.8 Å². The minimum Gasteiger partial charge on any atom is -0.378 e. The maximum absolute atomic E-state index is 13.8. The third kappa shape index (κ3) is 6.92. The second-order valence-electron chi connectivity index (χ2n) is 10.6. The average molecular weight is 522 g/mol. The number of hydrogen-bond acceptors (Lipinski definition) is 4. The zero-order valence-electron chi connectivity index (χ0n) is 23.0. The number of hydrogen-bond donors (Lipinski definition) is 0. The van der Waals surface area contributed by atoms with E-state index in [4.69, 9.17) is 0 Å². The van der Waals surface area contributed by atoms with Crippen molar-refractivity contribution in [1.29, 1.82) is 0 Å². The van der Waals surface area contributed by atoms with Crippen molar-refractivity contribution in [3.63, 3.8) is 0 Å². The number of carbonyl (C=O) groups excluding carboxylic acids is 1. The van der Waals surface area contributed by atoms with Crippen LogP contribution in [0.5, 0.6) is 0 Å². The molecule has 0 aliphatic carbocycles. The highest BCUT2D eigenvalue weighted by molar-refractivity contribution is 7.92. The van der Waals surface area contributed by atoms with Gasteiger partial charge in [0.15, 0.2) is 0 Å². The molecule has 0 atom stereocenters. The lowest BCUT2D eigenvalue weighted by Crippen LogP contribution is -2.42. The summed E-state index contributed by atoms with van der Waals surface area (Å²) in [5, 5.41) is 0. The van der Waals surface area contributed by atoms with Crippen LogP contribution in [0.4, 0.5) is 11.4 Å². The number of sulfonamides is 1. The summed E-state index contributed by atoms with van der Waals surface area (Å²) in [6.45, 7) is 10.7. The summed E-state index contributed by atoms with van der Waals surface area (Å²) in [6.07, 6.45) is 0. The number of nitrogens with zero attached hydrogens (tertiary/aromatic N) is 3. The molecular formula is C30H39N3O3S. The molecule has 0 heterocycles. The summed E-state index contributed by atoms with van der Waals surface area (Å²) >= 11 is 0. The van der Waals surface area contributed by atoms with Gasteiger partial charge in [-0.25, -0.2) is 8.42 Å². The van der Waals surface area contributed by atoms with Gasteiger partial charge < -0.3 is 9.80 Å². The fourth-order valence-electron chi connectivity index (χ4n) is 4.00. The number of rotatable bonds is 9. The van der Waals surface area contributed by atoms with Crippen molar-refractivity contribution in [1.82, 2.24) is 4.90 Å². The average Bonchev–Trinajstić information content (AvgIpc) is 2.86. The highest BCUT2D eigenvalue weighted by Gasteiger charge is 2.29. The number of aryl methyl sites for hydroxylation is 1. The quantitative estimate of drug-likeness (QED) is 0.368. The fraction of sp³-hybridized carbons (Fsp3) is 0.367. The van der Waals surface area contributed by atoms with Gasteiger partial charge >= 0.3 is 0 Å². The van der Waals surface area contributed by atoms with Crippen LogP contribution < -0.4 is 9.21 Å². The first-order valence-corrected chi connectivity index (χ1v) is 14.0. The minimum absolute atomic E-state index is 0.0960. The lowest BCUT2D eigenvalue weighted by atomic mass is 9.87. The third-order valence-corrected chi connectivity index (χ3v) is 8.26. The summed E-state index contributed by atoms with van der Waals surface area (Å²) in [4.78, 5) is 17.3. The first kappa shape index (κ1) is 28.3. The predicted octanol–water partition coefficient (Wildman–Crippen LogP) is 5.60. The van der Waals surface area contributed by atoms with Crippen LogP contribution in [-0.4, -0.2) is 46.4 Å². The van der Waals surface area contributed by atoms with Gasteiger partial charge in [-0.15, -0.1) is 0 Å². The summed E-state index contributed by atoms with van der Waals surface area (Å²) in [5.41, 5.74) is 4.49. The number of likely N-dealkylation sites (N-methyl/N-ethyl adjacent to an activating group) is 1. The van der Waals surface area contributed by atoms with Crippen LogP contribution in [0.25, 0.3) is 0 Å². The van der Waals surface area contributed by atoms with E-state index in [9.17, 15) is 13.2 Å². The number of carbonyl (C=O) groups is 1. The molecule has 198 valence electrons. The standard InChI is InChI=1S/C30H39N3O3S/c1-8-32(21-24-11-17-26(18-12-24)31(6)7)29(34)22-33(27-15-9-23(2)10-16-27)37(35,36)28-19-13-25(14-20-28)30(3,4)5/h9-20H,8,21-22H2,1-7H3. The Morgan fingerprint density at radius 3 is 1.84 bits per heavy atom. The molecule has 3 aromatic carbocycles. The van der Waals surface area contributed by atoms with Gasteiger partial charge in [-0.2, -0.15) is 0 Å². The van der Waals surface area contributed by atoms with Gasteiger partial charge in [0.2, 0.25) is 5.91 Å². The number of anilines is 2. The molecule has 1 amide bonds. The van der Waals surface area contributed by atoms with E-state index in [1.807, 2.05) is 81.4 Å². The maximum Gasteiger partial charge on any atom is 0.264 e. The molecule has 0 unspecified atom stereocenters. The molecule has 0 bridgehead atoms. The van der Waals surface area contributed by atoms with Crippen LogP contribution in [-0.2, 0) is 26.8 Å². The van der Waals surface area contributed by atoms with Gasteiger partial charge in [-0.05, 0) is 66.8 Å². The van der Waals surface area contributed by atoms with Crippen molar-refractivity contribution in [3.05, 3.63) is 89.5 Å². The fourth-order valence-corrected chi connectivity index (χ4v) is 5.41. The number of benzene rings is 3. The number of amides is 1. The van der Waals surface area contributed by atoms with Gasteiger partial charge in [-0.3, -0.25) is 9.10 Å². The second kappa shape index (κ2) is 11.4. The van der Waals surface area contributed by atoms with Gasteiger partial charge in [-0.1, -0.05) is 62.7 Å². The summed E-state index contributed by atoms with van der Waals surface area (Å²) in [5.74, 6) is -0.255. The van der Waals surface area contributed by atoms with Crippen molar-refractivity contribution in [2.75, 3.05) is 36.4 Å². The molecule has 7 heteroatoms. The van der Waals surface area contributed by atoms with Crippen LogP contribution in [0.3, 0.4) is 0 Å². The minimum atomic E-state index is -3.97. The SMILES string of the molecule is CCN(Cc1ccc(N(C)C)cc1)C(=O)CN(c1ccc(C)cc1)S(=O)(=O)c1ccc(C(C)(C)C)cc1. The molecule has 0 aromatic heterocycles. The molecule has 0 saturated carbocycles.